The molecule has 21 heavy (non-hydrogen) atoms. The zero-order valence-electron chi connectivity index (χ0n) is 11.7. The number of ether oxygens (including phenoxy) is 1. The first kappa shape index (κ1) is 13.1. The molecule has 2 N–H and O–H groups in total. The Kier molecular flexibility index (Phi) is 3.27. The summed E-state index contributed by atoms with van der Waals surface area (Å²) in [5.41, 5.74) is 8.78. The fourth-order valence-electron chi connectivity index (χ4n) is 1.98. The van der Waals surface area contributed by atoms with Crippen LogP contribution in [0.4, 0.5) is 5.69 Å². The molecule has 0 bridgehead atoms. The number of nitrogen functional groups attached to an aromatic ring is 1. The third-order valence-electron chi connectivity index (χ3n) is 3.03. The van der Waals surface area contributed by atoms with Gasteiger partial charge in [0.1, 0.15) is 11.4 Å². The highest BCUT2D eigenvalue weighted by Gasteiger charge is 2.15. The number of anilines is 1. The number of hydrogen-bond donors (Lipinski definition) is 1. The second-order valence-corrected chi connectivity index (χ2v) is 4.60. The molecule has 0 unspecified atom stereocenters. The summed E-state index contributed by atoms with van der Waals surface area (Å²) in [6, 6.07) is 9.06. The van der Waals surface area contributed by atoms with Crippen LogP contribution in [-0.4, -0.2) is 22.2 Å². The van der Waals surface area contributed by atoms with Gasteiger partial charge in [0.05, 0.1) is 12.7 Å². The highest BCUT2D eigenvalue weighted by Crippen LogP contribution is 2.31. The SMILES string of the molecule is COc1cc(N)ccc1-c1nc(-c2cc(C)ccn2)no1. The van der Waals surface area contributed by atoms with Gasteiger partial charge in [-0.25, -0.2) is 0 Å². The molecule has 3 aromatic rings. The van der Waals surface area contributed by atoms with Gasteiger partial charge in [-0.15, -0.1) is 0 Å². The van der Waals surface area contributed by atoms with E-state index in [2.05, 4.69) is 15.1 Å². The third-order valence-corrected chi connectivity index (χ3v) is 3.03. The number of nitrogens with two attached hydrogens (primary N) is 1. The van der Waals surface area contributed by atoms with Crippen LogP contribution in [0.25, 0.3) is 23.0 Å². The number of aryl methyl sites for hydroxylation is 1. The van der Waals surface area contributed by atoms with Crippen molar-refractivity contribution < 1.29 is 9.26 Å². The molecule has 0 saturated heterocycles. The molecule has 106 valence electrons. The second kappa shape index (κ2) is 5.24. The highest BCUT2D eigenvalue weighted by atomic mass is 16.5. The largest absolute Gasteiger partial charge is 0.496 e. The van der Waals surface area contributed by atoms with E-state index in [0.29, 0.717) is 34.4 Å². The Labute approximate surface area is 121 Å². The molecule has 1 aromatic carbocycles. The first-order chi connectivity index (χ1) is 10.2. The quantitative estimate of drug-likeness (QED) is 0.743. The zero-order valence-corrected chi connectivity index (χ0v) is 11.7. The van der Waals surface area contributed by atoms with E-state index in [9.17, 15) is 0 Å². The van der Waals surface area contributed by atoms with E-state index in [-0.39, 0.29) is 0 Å². The van der Waals surface area contributed by atoms with Crippen molar-refractivity contribution in [2.75, 3.05) is 12.8 Å². The number of rotatable bonds is 3. The Bertz CT molecular complexity index is 783. The lowest BCUT2D eigenvalue weighted by Crippen LogP contribution is -1.91. The smallest absolute Gasteiger partial charge is 0.262 e. The number of aromatic nitrogens is 3. The Morgan fingerprint density at radius 3 is 2.81 bits per heavy atom. The normalized spacial score (nSPS) is 10.6. The summed E-state index contributed by atoms with van der Waals surface area (Å²) in [5, 5.41) is 3.97. The molecule has 3 rings (SSSR count). The molecule has 0 amide bonds. The summed E-state index contributed by atoms with van der Waals surface area (Å²) in [5.74, 6) is 1.39. The lowest BCUT2D eigenvalue weighted by atomic mass is 10.2. The molecular weight excluding hydrogens is 268 g/mol. The monoisotopic (exact) mass is 282 g/mol. The summed E-state index contributed by atoms with van der Waals surface area (Å²) in [6.45, 7) is 1.98. The first-order valence-electron chi connectivity index (χ1n) is 6.38. The highest BCUT2D eigenvalue weighted by molar-refractivity contribution is 5.68. The van der Waals surface area contributed by atoms with Crippen LogP contribution in [0, 0.1) is 6.92 Å². The van der Waals surface area contributed by atoms with E-state index in [1.54, 1.807) is 31.5 Å². The minimum absolute atomic E-state index is 0.366. The molecule has 6 heteroatoms. The molecule has 0 fully saturated rings. The number of benzene rings is 1. The van der Waals surface area contributed by atoms with E-state index in [1.807, 2.05) is 19.1 Å². The van der Waals surface area contributed by atoms with Crippen molar-refractivity contribution in [1.82, 2.24) is 15.1 Å². The van der Waals surface area contributed by atoms with E-state index in [4.69, 9.17) is 15.0 Å². The van der Waals surface area contributed by atoms with Gasteiger partial charge in [0.2, 0.25) is 5.82 Å². The van der Waals surface area contributed by atoms with Gasteiger partial charge in [0, 0.05) is 18.0 Å². The summed E-state index contributed by atoms with van der Waals surface area (Å²) in [6.07, 6.45) is 1.71. The van der Waals surface area contributed by atoms with E-state index < -0.39 is 0 Å². The van der Waals surface area contributed by atoms with Crippen molar-refractivity contribution in [2.45, 2.75) is 6.92 Å². The first-order valence-corrected chi connectivity index (χ1v) is 6.38. The zero-order chi connectivity index (χ0) is 14.8. The van der Waals surface area contributed by atoms with Gasteiger partial charge in [-0.1, -0.05) is 5.16 Å². The minimum atomic E-state index is 0.366. The molecule has 0 aliphatic heterocycles. The predicted molar refractivity (Wildman–Crippen MR) is 78.7 cm³/mol. The lowest BCUT2D eigenvalue weighted by Gasteiger charge is -2.05. The van der Waals surface area contributed by atoms with Crippen molar-refractivity contribution >= 4 is 5.69 Å². The van der Waals surface area contributed by atoms with Crippen LogP contribution in [0.5, 0.6) is 5.75 Å². The molecule has 0 spiro atoms. The predicted octanol–water partition coefficient (Wildman–Crippen LogP) is 2.70. The van der Waals surface area contributed by atoms with Crippen LogP contribution in [0.2, 0.25) is 0 Å². The van der Waals surface area contributed by atoms with Crippen molar-refractivity contribution in [1.29, 1.82) is 0 Å². The fourth-order valence-corrected chi connectivity index (χ4v) is 1.98. The Balaban J connectivity index is 2.02. The average Bonchev–Trinajstić information content (AvgIpc) is 2.96. The summed E-state index contributed by atoms with van der Waals surface area (Å²) >= 11 is 0. The van der Waals surface area contributed by atoms with Crippen molar-refractivity contribution in [3.05, 3.63) is 42.1 Å². The van der Waals surface area contributed by atoms with E-state index >= 15 is 0 Å². The van der Waals surface area contributed by atoms with Crippen LogP contribution >= 0.6 is 0 Å². The van der Waals surface area contributed by atoms with Gasteiger partial charge >= 0.3 is 0 Å². The molecule has 0 aliphatic carbocycles. The van der Waals surface area contributed by atoms with Crippen molar-refractivity contribution in [3.8, 4) is 28.7 Å². The summed E-state index contributed by atoms with van der Waals surface area (Å²) < 4.78 is 10.6. The minimum Gasteiger partial charge on any atom is -0.496 e. The van der Waals surface area contributed by atoms with Crippen LogP contribution in [0.1, 0.15) is 5.56 Å². The maximum Gasteiger partial charge on any atom is 0.262 e. The maximum atomic E-state index is 5.74. The number of hydrogen-bond acceptors (Lipinski definition) is 6. The maximum absolute atomic E-state index is 5.74. The Morgan fingerprint density at radius 2 is 2.05 bits per heavy atom. The molecule has 0 radical (unpaired) electrons. The number of methoxy groups -OCH3 is 1. The summed E-state index contributed by atoms with van der Waals surface area (Å²) in [4.78, 5) is 8.61. The molecule has 0 atom stereocenters. The second-order valence-electron chi connectivity index (χ2n) is 4.60. The number of pyridine rings is 1. The van der Waals surface area contributed by atoms with Gasteiger partial charge in [0.15, 0.2) is 0 Å². The topological polar surface area (TPSA) is 87.1 Å². The van der Waals surface area contributed by atoms with Crippen molar-refractivity contribution in [3.63, 3.8) is 0 Å². The standard InChI is InChI=1S/C15H14N4O2/c1-9-5-6-17-12(7-9)14-18-15(21-19-14)11-4-3-10(16)8-13(11)20-2/h3-8H,16H2,1-2H3. The van der Waals surface area contributed by atoms with Crippen LogP contribution < -0.4 is 10.5 Å². The Morgan fingerprint density at radius 1 is 1.19 bits per heavy atom. The van der Waals surface area contributed by atoms with Gasteiger partial charge in [-0.3, -0.25) is 4.98 Å². The molecular formula is C15H14N4O2. The van der Waals surface area contributed by atoms with Crippen LogP contribution in [-0.2, 0) is 0 Å². The Hall–Kier alpha value is -2.89. The molecule has 0 saturated carbocycles. The van der Waals surface area contributed by atoms with Crippen molar-refractivity contribution in [2.24, 2.45) is 0 Å². The van der Waals surface area contributed by atoms with Gasteiger partial charge in [0.25, 0.3) is 5.89 Å². The van der Waals surface area contributed by atoms with Gasteiger partial charge < -0.3 is 15.0 Å². The molecule has 6 nitrogen and oxygen atoms in total. The molecule has 2 aromatic heterocycles. The van der Waals surface area contributed by atoms with Crippen LogP contribution in [0.15, 0.2) is 41.1 Å². The lowest BCUT2D eigenvalue weighted by molar-refractivity contribution is 0.405. The average molecular weight is 282 g/mol. The third kappa shape index (κ3) is 2.55. The summed E-state index contributed by atoms with van der Waals surface area (Å²) in [7, 11) is 1.57. The van der Waals surface area contributed by atoms with Gasteiger partial charge in [-0.2, -0.15) is 4.98 Å². The van der Waals surface area contributed by atoms with E-state index in [1.165, 1.54) is 0 Å². The van der Waals surface area contributed by atoms with Crippen LogP contribution in [0.3, 0.4) is 0 Å². The fraction of sp³-hybridized carbons (Fsp3) is 0.133. The number of nitrogens with zero attached hydrogens (tertiary/aromatic N) is 3. The van der Waals surface area contributed by atoms with E-state index in [0.717, 1.165) is 5.56 Å². The molecule has 2 heterocycles. The molecule has 0 aliphatic rings. The van der Waals surface area contributed by atoms with Gasteiger partial charge in [-0.05, 0) is 36.8 Å².